The molecule has 0 aliphatic carbocycles. The highest BCUT2D eigenvalue weighted by Crippen LogP contribution is 2.37. The minimum absolute atomic E-state index is 0.0973. The quantitative estimate of drug-likeness (QED) is 0.565. The van der Waals surface area contributed by atoms with Crippen molar-refractivity contribution in [2.24, 2.45) is 5.41 Å². The molecule has 2 aromatic carbocycles. The Bertz CT molecular complexity index is 1050. The van der Waals surface area contributed by atoms with Gasteiger partial charge in [0.1, 0.15) is 11.5 Å². The smallest absolute Gasteiger partial charge is 0.243 e. The molecular weight excluding hydrogens is 452 g/mol. The molecule has 2 heterocycles. The Morgan fingerprint density at radius 1 is 0.912 bits per heavy atom. The van der Waals surface area contributed by atoms with Crippen molar-refractivity contribution < 1.29 is 22.7 Å². The summed E-state index contributed by atoms with van der Waals surface area (Å²) in [4.78, 5) is 15.4. The molecular formula is C26H34N2O5S. The third kappa shape index (κ3) is 5.73. The average Bonchev–Trinajstić information content (AvgIpc) is 2.89. The van der Waals surface area contributed by atoms with Crippen LogP contribution in [0.4, 0.5) is 0 Å². The highest BCUT2D eigenvalue weighted by atomic mass is 32.2. The van der Waals surface area contributed by atoms with E-state index in [2.05, 4.69) is 0 Å². The number of hydrogen-bond donors (Lipinski definition) is 0. The molecule has 2 aliphatic heterocycles. The Balaban J connectivity index is 1.56. The van der Waals surface area contributed by atoms with E-state index in [1.807, 2.05) is 35.2 Å². The van der Waals surface area contributed by atoms with Gasteiger partial charge in [-0.05, 0) is 68.5 Å². The first-order valence-corrected chi connectivity index (χ1v) is 13.5. The third-order valence-electron chi connectivity index (χ3n) is 6.85. The fourth-order valence-electron chi connectivity index (χ4n) is 4.91. The van der Waals surface area contributed by atoms with Crippen LogP contribution in [-0.2, 0) is 14.8 Å². The summed E-state index contributed by atoms with van der Waals surface area (Å²) < 4.78 is 39.8. The van der Waals surface area contributed by atoms with Gasteiger partial charge in [0, 0.05) is 38.0 Å². The van der Waals surface area contributed by atoms with Gasteiger partial charge in [-0.25, -0.2) is 8.42 Å². The monoisotopic (exact) mass is 486 g/mol. The molecule has 0 saturated carbocycles. The molecule has 184 valence electrons. The molecule has 7 nitrogen and oxygen atoms in total. The number of carbonyl (C=O) groups excluding carboxylic acids is 1. The molecule has 1 unspecified atom stereocenters. The zero-order chi connectivity index (χ0) is 24.0. The van der Waals surface area contributed by atoms with Crippen LogP contribution in [0, 0.1) is 5.41 Å². The fraction of sp³-hybridized carbons (Fsp3) is 0.500. The van der Waals surface area contributed by atoms with E-state index in [4.69, 9.17) is 9.47 Å². The van der Waals surface area contributed by atoms with Gasteiger partial charge in [0.2, 0.25) is 15.9 Å². The van der Waals surface area contributed by atoms with Crippen molar-refractivity contribution >= 4 is 15.9 Å². The normalized spacial score (nSPS) is 21.7. The second-order valence-electron chi connectivity index (χ2n) is 9.34. The number of carbonyl (C=O) groups is 1. The number of nitrogens with zero attached hydrogens (tertiary/aromatic N) is 2. The van der Waals surface area contributed by atoms with Gasteiger partial charge in [0.15, 0.2) is 0 Å². The van der Waals surface area contributed by atoms with Gasteiger partial charge in [-0.3, -0.25) is 4.79 Å². The van der Waals surface area contributed by atoms with Crippen LogP contribution in [0.2, 0.25) is 0 Å². The molecule has 4 rings (SSSR count). The largest absolute Gasteiger partial charge is 0.497 e. The number of sulfonamides is 1. The molecule has 2 saturated heterocycles. The minimum atomic E-state index is -3.70. The Labute approximate surface area is 202 Å². The first-order valence-electron chi connectivity index (χ1n) is 12.0. The van der Waals surface area contributed by atoms with E-state index in [0.29, 0.717) is 25.3 Å². The second-order valence-corrected chi connectivity index (χ2v) is 11.3. The maximum absolute atomic E-state index is 13.5. The van der Waals surface area contributed by atoms with E-state index in [-0.39, 0.29) is 23.8 Å². The molecule has 0 spiro atoms. The second kappa shape index (κ2) is 10.8. The lowest BCUT2D eigenvalue weighted by molar-refractivity contribution is -0.136. The van der Waals surface area contributed by atoms with Crippen LogP contribution in [0.3, 0.4) is 0 Å². The number of rotatable bonds is 8. The summed E-state index contributed by atoms with van der Waals surface area (Å²) in [5.74, 6) is 1.43. The van der Waals surface area contributed by atoms with Gasteiger partial charge in [0.25, 0.3) is 0 Å². The zero-order valence-corrected chi connectivity index (χ0v) is 20.6. The van der Waals surface area contributed by atoms with Crippen LogP contribution < -0.4 is 9.47 Å². The van der Waals surface area contributed by atoms with Crippen LogP contribution >= 0.6 is 0 Å². The average molecular weight is 487 g/mol. The molecule has 1 atom stereocenters. The van der Waals surface area contributed by atoms with Crippen molar-refractivity contribution in [2.45, 2.75) is 43.4 Å². The lowest BCUT2D eigenvalue weighted by Gasteiger charge is -2.42. The number of piperidine rings is 2. The highest BCUT2D eigenvalue weighted by Gasteiger charge is 2.43. The summed E-state index contributed by atoms with van der Waals surface area (Å²) in [6, 6.07) is 16.0. The molecule has 8 heteroatoms. The summed E-state index contributed by atoms with van der Waals surface area (Å²) in [5, 5.41) is 0. The number of hydrogen-bond acceptors (Lipinski definition) is 5. The zero-order valence-electron chi connectivity index (χ0n) is 19.8. The summed E-state index contributed by atoms with van der Waals surface area (Å²) in [5.41, 5.74) is -0.581. The van der Waals surface area contributed by atoms with E-state index in [1.54, 1.807) is 31.4 Å². The van der Waals surface area contributed by atoms with Crippen molar-refractivity contribution in [1.82, 2.24) is 9.21 Å². The van der Waals surface area contributed by atoms with Crippen molar-refractivity contribution in [3.8, 4) is 11.5 Å². The molecule has 0 radical (unpaired) electrons. The van der Waals surface area contributed by atoms with Crippen LogP contribution in [0.15, 0.2) is 59.5 Å². The number of para-hydroxylation sites is 1. The number of benzene rings is 2. The Kier molecular flexibility index (Phi) is 7.78. The minimum Gasteiger partial charge on any atom is -0.497 e. The molecule has 2 aromatic rings. The number of ether oxygens (including phenoxy) is 2. The van der Waals surface area contributed by atoms with Crippen LogP contribution in [0.1, 0.15) is 38.5 Å². The molecule has 0 aromatic heterocycles. The van der Waals surface area contributed by atoms with Crippen molar-refractivity contribution in [2.75, 3.05) is 39.9 Å². The predicted octanol–water partition coefficient (Wildman–Crippen LogP) is 3.95. The fourth-order valence-corrected chi connectivity index (χ4v) is 6.50. The molecule has 2 fully saturated rings. The van der Waals surface area contributed by atoms with Crippen molar-refractivity contribution in [3.05, 3.63) is 54.6 Å². The van der Waals surface area contributed by atoms with Gasteiger partial charge in [-0.1, -0.05) is 18.2 Å². The van der Waals surface area contributed by atoms with Crippen LogP contribution in [-0.4, -0.2) is 63.4 Å². The number of methoxy groups -OCH3 is 1. The predicted molar refractivity (Wildman–Crippen MR) is 130 cm³/mol. The summed E-state index contributed by atoms with van der Waals surface area (Å²) in [6.45, 7) is 2.54. The summed E-state index contributed by atoms with van der Waals surface area (Å²) in [7, 11) is -2.15. The molecule has 2 aliphatic rings. The maximum atomic E-state index is 13.5. The SMILES string of the molecule is COc1ccc(S(=O)(=O)N2CCCC(COc3ccccc3)(CC(=O)N3CCCCC3)C2)cc1. The van der Waals surface area contributed by atoms with E-state index in [0.717, 1.165) is 44.5 Å². The number of likely N-dealkylation sites (tertiary alicyclic amines) is 1. The van der Waals surface area contributed by atoms with Gasteiger partial charge in [0.05, 0.1) is 18.6 Å². The Hall–Kier alpha value is -2.58. The lowest BCUT2D eigenvalue weighted by Crippen LogP contribution is -2.51. The van der Waals surface area contributed by atoms with Crippen LogP contribution in [0.25, 0.3) is 0 Å². The first-order chi connectivity index (χ1) is 16.4. The van der Waals surface area contributed by atoms with E-state index in [9.17, 15) is 13.2 Å². The first kappa shape index (κ1) is 24.5. The highest BCUT2D eigenvalue weighted by molar-refractivity contribution is 7.89. The third-order valence-corrected chi connectivity index (χ3v) is 8.71. The van der Waals surface area contributed by atoms with Gasteiger partial charge >= 0.3 is 0 Å². The van der Waals surface area contributed by atoms with E-state index in [1.165, 1.54) is 4.31 Å². The van der Waals surface area contributed by atoms with Crippen molar-refractivity contribution in [1.29, 1.82) is 0 Å². The lowest BCUT2D eigenvalue weighted by atomic mass is 9.78. The maximum Gasteiger partial charge on any atom is 0.243 e. The molecule has 1 amide bonds. The Morgan fingerprint density at radius 3 is 2.29 bits per heavy atom. The van der Waals surface area contributed by atoms with Crippen molar-refractivity contribution in [3.63, 3.8) is 0 Å². The number of amides is 1. The topological polar surface area (TPSA) is 76.1 Å². The van der Waals surface area contributed by atoms with E-state index < -0.39 is 15.4 Å². The molecule has 0 N–H and O–H groups in total. The molecule has 34 heavy (non-hydrogen) atoms. The van der Waals surface area contributed by atoms with Gasteiger partial charge in [-0.15, -0.1) is 0 Å². The van der Waals surface area contributed by atoms with Gasteiger partial charge in [-0.2, -0.15) is 4.31 Å². The van der Waals surface area contributed by atoms with Crippen LogP contribution in [0.5, 0.6) is 11.5 Å². The van der Waals surface area contributed by atoms with E-state index >= 15 is 0 Å². The summed E-state index contributed by atoms with van der Waals surface area (Å²) in [6.07, 6.45) is 4.91. The molecule has 0 bridgehead atoms. The standard InChI is InChI=1S/C26H34N2O5S/c1-32-22-11-13-24(14-12-22)34(30,31)28-18-8-15-26(20-28,21-33-23-9-4-2-5-10-23)19-25(29)27-16-6-3-7-17-27/h2,4-5,9-14H,3,6-8,15-21H2,1H3. The Morgan fingerprint density at radius 2 is 1.62 bits per heavy atom. The summed E-state index contributed by atoms with van der Waals surface area (Å²) >= 11 is 0. The van der Waals surface area contributed by atoms with Gasteiger partial charge < -0.3 is 14.4 Å².